The third kappa shape index (κ3) is 4.01. The highest BCUT2D eigenvalue weighted by Gasteiger charge is 2.13. The predicted molar refractivity (Wildman–Crippen MR) is 90.6 cm³/mol. The number of amides is 1. The number of nitrogens with one attached hydrogen (secondary N) is 1. The molecule has 1 amide bonds. The highest BCUT2D eigenvalue weighted by atomic mass is 32.1. The summed E-state index contributed by atoms with van der Waals surface area (Å²) >= 11 is 1.47. The molecule has 0 fully saturated rings. The highest BCUT2D eigenvalue weighted by molar-refractivity contribution is 7.13. The van der Waals surface area contributed by atoms with E-state index in [0.717, 1.165) is 22.8 Å². The molecule has 1 aliphatic heterocycles. The van der Waals surface area contributed by atoms with Crippen LogP contribution in [0.15, 0.2) is 23.6 Å². The Bertz CT molecular complexity index is 697. The first-order valence-corrected chi connectivity index (χ1v) is 8.63. The van der Waals surface area contributed by atoms with Crippen molar-refractivity contribution in [3.05, 3.63) is 34.8 Å². The fraction of sp³-hybridized carbons (Fsp3) is 0.412. The molecule has 0 bridgehead atoms. The van der Waals surface area contributed by atoms with Crippen LogP contribution in [0.3, 0.4) is 0 Å². The molecule has 0 radical (unpaired) electrons. The summed E-state index contributed by atoms with van der Waals surface area (Å²) in [7, 11) is 0. The zero-order chi connectivity index (χ0) is 16.2. The minimum atomic E-state index is -0.0236. The van der Waals surface area contributed by atoms with Crippen LogP contribution in [-0.4, -0.2) is 24.1 Å². The lowest BCUT2D eigenvalue weighted by Crippen LogP contribution is -2.15. The maximum Gasteiger partial charge on any atom is 0.226 e. The highest BCUT2D eigenvalue weighted by Crippen LogP contribution is 2.31. The largest absolute Gasteiger partial charge is 0.486 e. The minimum Gasteiger partial charge on any atom is -0.486 e. The van der Waals surface area contributed by atoms with E-state index in [1.165, 1.54) is 11.3 Å². The standard InChI is InChI=1S/C17H20N2O3S/c1-11(2)13-10-23-17(18-13)19-16(20)6-4-12-3-5-14-15(9-12)22-8-7-21-14/h3,5,9-11H,4,6-8H2,1-2H3,(H,18,19,20). The Morgan fingerprint density at radius 2 is 2.09 bits per heavy atom. The Labute approximate surface area is 139 Å². The van der Waals surface area contributed by atoms with Crippen molar-refractivity contribution in [1.29, 1.82) is 0 Å². The van der Waals surface area contributed by atoms with Gasteiger partial charge in [0, 0.05) is 11.8 Å². The lowest BCUT2D eigenvalue weighted by molar-refractivity contribution is -0.116. The molecule has 5 nitrogen and oxygen atoms in total. The fourth-order valence-corrected chi connectivity index (χ4v) is 3.18. The SMILES string of the molecule is CC(C)c1csc(NC(=O)CCc2ccc3c(c2)OCCO3)n1. The number of ether oxygens (including phenoxy) is 2. The molecule has 122 valence electrons. The van der Waals surface area contributed by atoms with E-state index in [1.807, 2.05) is 23.6 Å². The number of rotatable bonds is 5. The van der Waals surface area contributed by atoms with Crippen LogP contribution in [0.1, 0.15) is 37.4 Å². The van der Waals surface area contributed by atoms with Crippen molar-refractivity contribution < 1.29 is 14.3 Å². The topological polar surface area (TPSA) is 60.5 Å². The van der Waals surface area contributed by atoms with Crippen LogP contribution in [0.5, 0.6) is 11.5 Å². The molecule has 0 saturated heterocycles. The Kier molecular flexibility index (Phi) is 4.81. The number of carbonyl (C=O) groups excluding carboxylic acids is 1. The number of hydrogen-bond acceptors (Lipinski definition) is 5. The molecular weight excluding hydrogens is 312 g/mol. The van der Waals surface area contributed by atoms with Gasteiger partial charge in [0.05, 0.1) is 5.69 Å². The second-order valence-electron chi connectivity index (χ2n) is 5.76. The van der Waals surface area contributed by atoms with Gasteiger partial charge in [-0.3, -0.25) is 4.79 Å². The lowest BCUT2D eigenvalue weighted by atomic mass is 10.1. The first kappa shape index (κ1) is 15.8. The van der Waals surface area contributed by atoms with Crippen LogP contribution in [0, 0.1) is 0 Å². The van der Waals surface area contributed by atoms with E-state index in [0.29, 0.717) is 37.1 Å². The van der Waals surface area contributed by atoms with Gasteiger partial charge in [-0.15, -0.1) is 11.3 Å². The number of benzene rings is 1. The van der Waals surface area contributed by atoms with E-state index in [9.17, 15) is 4.79 Å². The number of carbonyl (C=O) groups is 1. The number of nitrogens with zero attached hydrogens (tertiary/aromatic N) is 1. The van der Waals surface area contributed by atoms with Crippen molar-refractivity contribution in [2.75, 3.05) is 18.5 Å². The average molecular weight is 332 g/mol. The van der Waals surface area contributed by atoms with E-state index >= 15 is 0 Å². The summed E-state index contributed by atoms with van der Waals surface area (Å²) in [4.78, 5) is 16.5. The van der Waals surface area contributed by atoms with Crippen molar-refractivity contribution in [2.24, 2.45) is 0 Å². The first-order chi connectivity index (χ1) is 11.1. The smallest absolute Gasteiger partial charge is 0.226 e. The number of fused-ring (bicyclic) bond motifs is 1. The summed E-state index contributed by atoms with van der Waals surface area (Å²) in [5, 5.41) is 5.52. The molecular formula is C17H20N2O3S. The van der Waals surface area contributed by atoms with E-state index in [4.69, 9.17) is 9.47 Å². The molecule has 1 N–H and O–H groups in total. The monoisotopic (exact) mass is 332 g/mol. The molecule has 23 heavy (non-hydrogen) atoms. The van der Waals surface area contributed by atoms with Gasteiger partial charge in [-0.2, -0.15) is 0 Å². The summed E-state index contributed by atoms with van der Waals surface area (Å²) in [6.45, 7) is 5.32. The summed E-state index contributed by atoms with van der Waals surface area (Å²) in [5.74, 6) is 1.88. The van der Waals surface area contributed by atoms with Crippen LogP contribution in [0.25, 0.3) is 0 Å². The summed E-state index contributed by atoms with van der Waals surface area (Å²) in [5.41, 5.74) is 2.07. The van der Waals surface area contributed by atoms with Gasteiger partial charge in [0.15, 0.2) is 16.6 Å². The molecule has 0 saturated carbocycles. The molecule has 6 heteroatoms. The maximum atomic E-state index is 12.1. The second-order valence-corrected chi connectivity index (χ2v) is 6.62. The van der Waals surface area contributed by atoms with E-state index in [1.54, 1.807) is 0 Å². The Balaban J connectivity index is 1.54. The van der Waals surface area contributed by atoms with Crippen molar-refractivity contribution in [1.82, 2.24) is 4.98 Å². The summed E-state index contributed by atoms with van der Waals surface area (Å²) in [6.07, 6.45) is 1.07. The van der Waals surface area contributed by atoms with Crippen LogP contribution in [0.4, 0.5) is 5.13 Å². The van der Waals surface area contributed by atoms with Crippen molar-refractivity contribution in [3.63, 3.8) is 0 Å². The Morgan fingerprint density at radius 1 is 1.30 bits per heavy atom. The van der Waals surface area contributed by atoms with Gasteiger partial charge in [0.25, 0.3) is 0 Å². The molecule has 3 rings (SSSR count). The zero-order valence-corrected chi connectivity index (χ0v) is 14.1. The van der Waals surface area contributed by atoms with Crippen molar-refractivity contribution in [2.45, 2.75) is 32.6 Å². The fourth-order valence-electron chi connectivity index (χ4n) is 2.29. The van der Waals surface area contributed by atoms with Gasteiger partial charge >= 0.3 is 0 Å². The molecule has 0 aliphatic carbocycles. The third-order valence-electron chi connectivity index (χ3n) is 3.61. The normalized spacial score (nSPS) is 13.2. The summed E-state index contributed by atoms with van der Waals surface area (Å²) in [6, 6.07) is 5.82. The molecule has 2 aromatic rings. The van der Waals surface area contributed by atoms with Crippen molar-refractivity contribution >= 4 is 22.4 Å². The van der Waals surface area contributed by atoms with Crippen LogP contribution in [-0.2, 0) is 11.2 Å². The summed E-state index contributed by atoms with van der Waals surface area (Å²) < 4.78 is 11.1. The van der Waals surface area contributed by atoms with E-state index in [2.05, 4.69) is 24.1 Å². The van der Waals surface area contributed by atoms with Gasteiger partial charge in [0.1, 0.15) is 13.2 Å². The molecule has 0 unspecified atom stereocenters. The van der Waals surface area contributed by atoms with Gasteiger partial charge in [-0.1, -0.05) is 19.9 Å². The number of anilines is 1. The molecule has 1 aromatic heterocycles. The molecule has 0 spiro atoms. The number of aromatic nitrogens is 1. The maximum absolute atomic E-state index is 12.1. The second kappa shape index (κ2) is 7.00. The van der Waals surface area contributed by atoms with Gasteiger partial charge in [-0.25, -0.2) is 4.98 Å². The van der Waals surface area contributed by atoms with E-state index in [-0.39, 0.29) is 5.91 Å². The molecule has 1 aromatic carbocycles. The molecule has 1 aliphatic rings. The Hall–Kier alpha value is -2.08. The predicted octanol–water partition coefficient (Wildman–Crippen LogP) is 3.61. The number of aryl methyl sites for hydroxylation is 1. The minimum absolute atomic E-state index is 0.0236. The van der Waals surface area contributed by atoms with Gasteiger partial charge in [-0.05, 0) is 30.0 Å². The van der Waals surface area contributed by atoms with Gasteiger partial charge in [0.2, 0.25) is 5.91 Å². The quantitative estimate of drug-likeness (QED) is 0.908. The molecule has 0 atom stereocenters. The van der Waals surface area contributed by atoms with Crippen LogP contribution in [0.2, 0.25) is 0 Å². The van der Waals surface area contributed by atoms with Crippen LogP contribution >= 0.6 is 11.3 Å². The zero-order valence-electron chi connectivity index (χ0n) is 13.3. The Morgan fingerprint density at radius 3 is 2.83 bits per heavy atom. The third-order valence-corrected chi connectivity index (χ3v) is 4.38. The lowest BCUT2D eigenvalue weighted by Gasteiger charge is -2.18. The molecule has 2 heterocycles. The van der Waals surface area contributed by atoms with Gasteiger partial charge < -0.3 is 14.8 Å². The van der Waals surface area contributed by atoms with Crippen LogP contribution < -0.4 is 14.8 Å². The number of thiazole rings is 1. The average Bonchev–Trinajstić information content (AvgIpc) is 3.01. The van der Waals surface area contributed by atoms with Crippen molar-refractivity contribution in [3.8, 4) is 11.5 Å². The number of hydrogen-bond donors (Lipinski definition) is 1. The van der Waals surface area contributed by atoms with E-state index < -0.39 is 0 Å². The first-order valence-electron chi connectivity index (χ1n) is 7.75.